The number of halogens is 1. The highest BCUT2D eigenvalue weighted by atomic mass is 79.9. The molecular formula is C25H21BrN4O3. The molecular weight excluding hydrogens is 484 g/mol. The molecule has 2 fully saturated rings. The van der Waals surface area contributed by atoms with Crippen LogP contribution in [-0.2, 0) is 15.3 Å². The highest BCUT2D eigenvalue weighted by Crippen LogP contribution is 2.70. The van der Waals surface area contributed by atoms with Crippen LogP contribution < -0.4 is 4.74 Å². The average molecular weight is 505 g/mol. The molecule has 2 aliphatic heterocycles. The Morgan fingerprint density at radius 3 is 2.33 bits per heavy atom. The number of ether oxygens (including phenoxy) is 3. The van der Waals surface area contributed by atoms with Crippen LogP contribution in [0.2, 0.25) is 0 Å². The Labute approximate surface area is 200 Å². The first-order valence-electron chi connectivity index (χ1n) is 10.6. The summed E-state index contributed by atoms with van der Waals surface area (Å²) in [7, 11) is 0. The molecule has 2 saturated heterocycles. The van der Waals surface area contributed by atoms with Crippen LogP contribution in [0.4, 0.5) is 0 Å². The molecule has 8 heteroatoms. The number of rotatable bonds is 5. The summed E-state index contributed by atoms with van der Waals surface area (Å²) in [6, 6.07) is 20.7. The molecule has 7 nitrogen and oxygen atoms in total. The zero-order valence-corrected chi connectivity index (χ0v) is 19.7. The van der Waals surface area contributed by atoms with Crippen molar-refractivity contribution < 1.29 is 14.2 Å². The molecule has 0 aromatic heterocycles. The van der Waals surface area contributed by atoms with E-state index in [1.165, 1.54) is 0 Å². The van der Waals surface area contributed by atoms with Crippen molar-refractivity contribution >= 4 is 21.8 Å². The molecule has 0 saturated carbocycles. The molecule has 0 amide bonds. The second-order valence-corrected chi connectivity index (χ2v) is 8.91. The van der Waals surface area contributed by atoms with Gasteiger partial charge in [0.15, 0.2) is 5.41 Å². The SMILES string of the molecule is CCOc1ccc(Br)cc1C1OC2(c3ccccc3)OC(=N)C(C#N)(C2CC)C1(C#N)C#N. The van der Waals surface area contributed by atoms with Gasteiger partial charge in [0, 0.05) is 15.6 Å². The first-order chi connectivity index (χ1) is 15.9. The van der Waals surface area contributed by atoms with Crippen molar-refractivity contribution in [2.24, 2.45) is 16.7 Å². The Morgan fingerprint density at radius 1 is 1.06 bits per heavy atom. The molecule has 4 rings (SSSR count). The fraction of sp³-hybridized carbons (Fsp3) is 0.360. The molecule has 2 aromatic carbocycles. The smallest absolute Gasteiger partial charge is 0.244 e. The van der Waals surface area contributed by atoms with Gasteiger partial charge >= 0.3 is 0 Å². The Balaban J connectivity index is 2.09. The lowest BCUT2D eigenvalue weighted by Crippen LogP contribution is -2.58. The molecule has 4 unspecified atom stereocenters. The minimum absolute atomic E-state index is 0.347. The van der Waals surface area contributed by atoms with E-state index < -0.39 is 34.5 Å². The summed E-state index contributed by atoms with van der Waals surface area (Å²) in [4.78, 5) is 0. The average Bonchev–Trinajstić information content (AvgIpc) is 3.04. The fourth-order valence-electron chi connectivity index (χ4n) is 5.19. The maximum atomic E-state index is 10.5. The van der Waals surface area contributed by atoms with Gasteiger partial charge in [-0.25, -0.2) is 0 Å². The van der Waals surface area contributed by atoms with E-state index in [4.69, 9.17) is 19.6 Å². The van der Waals surface area contributed by atoms with Crippen LogP contribution >= 0.6 is 15.9 Å². The monoisotopic (exact) mass is 504 g/mol. The van der Waals surface area contributed by atoms with E-state index in [0.717, 1.165) is 0 Å². The van der Waals surface area contributed by atoms with Gasteiger partial charge in [0.2, 0.25) is 17.1 Å². The zero-order chi connectivity index (χ0) is 23.9. The van der Waals surface area contributed by atoms with Gasteiger partial charge in [-0.3, -0.25) is 5.41 Å². The van der Waals surface area contributed by atoms with Gasteiger partial charge in [0.05, 0.1) is 30.7 Å². The largest absolute Gasteiger partial charge is 0.493 e. The number of nitrogens with one attached hydrogen (secondary N) is 1. The lowest BCUT2D eigenvalue weighted by atomic mass is 9.52. The quantitative estimate of drug-likeness (QED) is 0.585. The highest BCUT2D eigenvalue weighted by Gasteiger charge is 2.80. The number of benzene rings is 2. The van der Waals surface area contributed by atoms with Gasteiger partial charge < -0.3 is 14.2 Å². The van der Waals surface area contributed by atoms with Crippen molar-refractivity contribution in [1.82, 2.24) is 0 Å². The number of hydrogen-bond acceptors (Lipinski definition) is 7. The molecule has 166 valence electrons. The summed E-state index contributed by atoms with van der Waals surface area (Å²) in [6.07, 6.45) is -0.878. The molecule has 33 heavy (non-hydrogen) atoms. The van der Waals surface area contributed by atoms with E-state index >= 15 is 0 Å². The highest BCUT2D eigenvalue weighted by molar-refractivity contribution is 9.10. The number of nitrogens with zero attached hydrogens (tertiary/aromatic N) is 3. The number of fused-ring (bicyclic) bond motifs is 2. The molecule has 0 spiro atoms. The Kier molecular flexibility index (Phi) is 5.66. The van der Waals surface area contributed by atoms with Gasteiger partial charge in [-0.1, -0.05) is 53.2 Å². The third kappa shape index (κ3) is 2.83. The Morgan fingerprint density at radius 2 is 1.76 bits per heavy atom. The third-order valence-electron chi connectivity index (χ3n) is 6.57. The van der Waals surface area contributed by atoms with Gasteiger partial charge in [0.25, 0.3) is 0 Å². The third-order valence-corrected chi connectivity index (χ3v) is 7.06. The molecule has 0 radical (unpaired) electrons. The van der Waals surface area contributed by atoms with Crippen molar-refractivity contribution in [3.63, 3.8) is 0 Å². The van der Waals surface area contributed by atoms with Crippen molar-refractivity contribution in [2.45, 2.75) is 32.2 Å². The van der Waals surface area contributed by atoms with Crippen molar-refractivity contribution in [1.29, 1.82) is 21.2 Å². The maximum absolute atomic E-state index is 10.5. The van der Waals surface area contributed by atoms with E-state index in [9.17, 15) is 15.8 Å². The van der Waals surface area contributed by atoms with E-state index in [0.29, 0.717) is 34.4 Å². The normalized spacial score (nSPS) is 29.3. The number of nitriles is 3. The van der Waals surface area contributed by atoms with Crippen LogP contribution in [0.25, 0.3) is 0 Å². The summed E-state index contributed by atoms with van der Waals surface area (Å²) in [6.45, 7) is 4.02. The predicted octanol–water partition coefficient (Wildman–Crippen LogP) is 5.35. The van der Waals surface area contributed by atoms with Gasteiger partial charge in [0.1, 0.15) is 11.9 Å². The van der Waals surface area contributed by atoms with Crippen LogP contribution in [0.15, 0.2) is 53.0 Å². The topological polar surface area (TPSA) is 123 Å². The lowest BCUT2D eigenvalue weighted by molar-refractivity contribution is -0.293. The summed E-state index contributed by atoms with van der Waals surface area (Å²) >= 11 is 3.45. The van der Waals surface area contributed by atoms with E-state index in [2.05, 4.69) is 34.1 Å². The van der Waals surface area contributed by atoms with Crippen LogP contribution in [-0.4, -0.2) is 12.5 Å². The number of hydrogen-bond donors (Lipinski definition) is 1. The second-order valence-electron chi connectivity index (χ2n) is 7.99. The first-order valence-corrected chi connectivity index (χ1v) is 11.4. The van der Waals surface area contributed by atoms with Gasteiger partial charge in [-0.05, 0) is 31.5 Å². The van der Waals surface area contributed by atoms with Crippen LogP contribution in [0.3, 0.4) is 0 Å². The van der Waals surface area contributed by atoms with Crippen molar-refractivity contribution in [3.05, 3.63) is 64.1 Å². The Hall–Kier alpha value is -3.38. The summed E-state index contributed by atoms with van der Waals surface area (Å²) < 4.78 is 19.2. The lowest BCUT2D eigenvalue weighted by Gasteiger charge is -2.49. The first kappa shape index (κ1) is 22.8. The fourth-order valence-corrected chi connectivity index (χ4v) is 5.57. The van der Waals surface area contributed by atoms with Gasteiger partial charge in [-0.2, -0.15) is 15.8 Å². The van der Waals surface area contributed by atoms with Crippen molar-refractivity contribution in [2.75, 3.05) is 6.61 Å². The molecule has 2 aromatic rings. The summed E-state index contributed by atoms with van der Waals surface area (Å²) in [5, 5.41) is 40.2. The molecule has 4 atom stereocenters. The maximum Gasteiger partial charge on any atom is 0.244 e. The molecule has 1 N–H and O–H groups in total. The zero-order valence-electron chi connectivity index (χ0n) is 18.1. The Bertz CT molecular complexity index is 1210. The minimum Gasteiger partial charge on any atom is -0.493 e. The predicted molar refractivity (Wildman–Crippen MR) is 122 cm³/mol. The molecule has 2 aliphatic rings. The van der Waals surface area contributed by atoms with E-state index in [1.807, 2.05) is 32.0 Å². The molecule has 0 aliphatic carbocycles. The van der Waals surface area contributed by atoms with Crippen LogP contribution in [0.1, 0.15) is 37.5 Å². The molecule has 2 bridgehead atoms. The van der Waals surface area contributed by atoms with Crippen LogP contribution in [0, 0.1) is 56.2 Å². The van der Waals surface area contributed by atoms with Gasteiger partial charge in [-0.15, -0.1) is 0 Å². The van der Waals surface area contributed by atoms with E-state index in [-0.39, 0.29) is 0 Å². The molecule has 2 heterocycles. The standard InChI is InChI=1S/C25H21BrN4O3/c1-3-20-24(15-29)22(30)33-25(20,16-8-6-5-7-9-16)32-21(23(24,13-27)14-28)18-12-17(26)10-11-19(18)31-4-2/h5-12,20-21,30H,3-4H2,1-2H3. The minimum atomic E-state index is -2.05. The second kappa shape index (κ2) is 8.19. The summed E-state index contributed by atoms with van der Waals surface area (Å²) in [5.74, 6) is -2.28. The van der Waals surface area contributed by atoms with E-state index in [1.54, 1.807) is 30.3 Å². The van der Waals surface area contributed by atoms with Crippen LogP contribution in [0.5, 0.6) is 5.75 Å². The summed E-state index contributed by atoms with van der Waals surface area (Å²) in [5.41, 5.74) is -2.86. The van der Waals surface area contributed by atoms with Crippen molar-refractivity contribution in [3.8, 4) is 24.0 Å².